The van der Waals surface area contributed by atoms with Crippen molar-refractivity contribution in [1.82, 2.24) is 4.90 Å². The topological polar surface area (TPSA) is 101 Å². The largest absolute Gasteiger partial charge is 0.397 e. The summed E-state index contributed by atoms with van der Waals surface area (Å²) in [6, 6.07) is 5.12. The molecule has 19 heavy (non-hydrogen) atoms. The molecule has 0 heterocycles. The van der Waals surface area contributed by atoms with Gasteiger partial charge in [0.25, 0.3) is 5.91 Å². The van der Waals surface area contributed by atoms with Gasteiger partial charge in [-0.2, -0.15) is 0 Å². The number of carbonyl (C=O) groups excluding carboxylic acids is 2. The van der Waals surface area contributed by atoms with Crippen molar-refractivity contribution in [3.05, 3.63) is 23.8 Å². The number of nitrogens with one attached hydrogen (secondary N) is 1. The standard InChI is InChI=1S/C13H20N4O2/c1-17(2)13(19)9-5-6-11(10(14)8-9)16-7-3-4-12(15)18/h5-6,8,16H,3-4,7,14H2,1-2H3,(H2,15,18). The van der Waals surface area contributed by atoms with E-state index in [1.807, 2.05) is 0 Å². The second kappa shape index (κ2) is 6.63. The van der Waals surface area contributed by atoms with E-state index < -0.39 is 0 Å². The molecule has 0 saturated heterocycles. The Kier molecular flexibility index (Phi) is 5.17. The number of hydrogen-bond acceptors (Lipinski definition) is 4. The summed E-state index contributed by atoms with van der Waals surface area (Å²) in [5.74, 6) is -0.409. The van der Waals surface area contributed by atoms with Gasteiger partial charge in [0.1, 0.15) is 0 Å². The first-order chi connectivity index (χ1) is 8.91. The van der Waals surface area contributed by atoms with Gasteiger partial charge in [0.05, 0.1) is 11.4 Å². The molecule has 0 fully saturated rings. The monoisotopic (exact) mass is 264 g/mol. The van der Waals surface area contributed by atoms with Crippen LogP contribution in [0.5, 0.6) is 0 Å². The summed E-state index contributed by atoms with van der Waals surface area (Å²) < 4.78 is 0. The second-order valence-corrected chi connectivity index (χ2v) is 4.50. The predicted molar refractivity (Wildman–Crippen MR) is 75.8 cm³/mol. The summed E-state index contributed by atoms with van der Waals surface area (Å²) in [5, 5.41) is 3.11. The molecule has 0 aliphatic heterocycles. The van der Waals surface area contributed by atoms with Crippen LogP contribution in [0.15, 0.2) is 18.2 Å². The smallest absolute Gasteiger partial charge is 0.253 e. The zero-order chi connectivity index (χ0) is 14.4. The van der Waals surface area contributed by atoms with Gasteiger partial charge in [-0.1, -0.05) is 0 Å². The van der Waals surface area contributed by atoms with Gasteiger partial charge < -0.3 is 21.7 Å². The molecule has 0 aliphatic carbocycles. The van der Waals surface area contributed by atoms with Gasteiger partial charge in [-0.3, -0.25) is 9.59 Å². The Hall–Kier alpha value is -2.24. The van der Waals surface area contributed by atoms with Crippen LogP contribution in [-0.2, 0) is 4.79 Å². The molecule has 1 aromatic carbocycles. The molecule has 0 unspecified atom stereocenters. The van der Waals surface area contributed by atoms with Crippen LogP contribution >= 0.6 is 0 Å². The summed E-state index contributed by atoms with van der Waals surface area (Å²) in [7, 11) is 3.38. The number of amides is 2. The van der Waals surface area contributed by atoms with Crippen LogP contribution in [0.2, 0.25) is 0 Å². The maximum Gasteiger partial charge on any atom is 0.253 e. The summed E-state index contributed by atoms with van der Waals surface area (Å²) in [4.78, 5) is 23.8. The molecule has 0 bridgehead atoms. The average Bonchev–Trinajstić information content (AvgIpc) is 2.34. The van der Waals surface area contributed by atoms with Crippen LogP contribution in [0.1, 0.15) is 23.2 Å². The molecule has 1 aromatic rings. The van der Waals surface area contributed by atoms with Crippen LogP contribution in [-0.4, -0.2) is 37.4 Å². The summed E-state index contributed by atoms with van der Waals surface area (Å²) in [5.41, 5.74) is 12.7. The van der Waals surface area contributed by atoms with Gasteiger partial charge in [0.2, 0.25) is 5.91 Å². The molecule has 0 spiro atoms. The van der Waals surface area contributed by atoms with Crippen LogP contribution in [0.4, 0.5) is 11.4 Å². The Labute approximate surface area is 112 Å². The number of carbonyl (C=O) groups is 2. The number of nitrogens with zero attached hydrogens (tertiary/aromatic N) is 1. The molecule has 5 N–H and O–H groups in total. The lowest BCUT2D eigenvalue weighted by atomic mass is 10.1. The third kappa shape index (κ3) is 4.50. The van der Waals surface area contributed by atoms with Crippen molar-refractivity contribution in [3.8, 4) is 0 Å². The summed E-state index contributed by atoms with van der Waals surface area (Å²) in [6.45, 7) is 0.605. The number of nitrogen functional groups attached to an aromatic ring is 1. The number of hydrogen-bond donors (Lipinski definition) is 3. The van der Waals surface area contributed by atoms with E-state index in [2.05, 4.69) is 5.32 Å². The quantitative estimate of drug-likeness (QED) is 0.518. The van der Waals surface area contributed by atoms with Crippen molar-refractivity contribution in [2.75, 3.05) is 31.7 Å². The lowest BCUT2D eigenvalue weighted by molar-refractivity contribution is -0.118. The van der Waals surface area contributed by atoms with E-state index in [-0.39, 0.29) is 11.8 Å². The third-order valence-corrected chi connectivity index (χ3v) is 2.62. The van der Waals surface area contributed by atoms with E-state index in [4.69, 9.17) is 11.5 Å². The molecule has 0 saturated carbocycles. The minimum absolute atomic E-state index is 0.0908. The highest BCUT2D eigenvalue weighted by Gasteiger charge is 2.09. The molecule has 0 radical (unpaired) electrons. The maximum atomic E-state index is 11.7. The van der Waals surface area contributed by atoms with Crippen LogP contribution < -0.4 is 16.8 Å². The minimum Gasteiger partial charge on any atom is -0.397 e. The van der Waals surface area contributed by atoms with Gasteiger partial charge in [-0.05, 0) is 24.6 Å². The first-order valence-electron chi connectivity index (χ1n) is 6.05. The van der Waals surface area contributed by atoms with E-state index >= 15 is 0 Å². The molecular weight excluding hydrogens is 244 g/mol. The number of nitrogens with two attached hydrogens (primary N) is 2. The van der Waals surface area contributed by atoms with Crippen LogP contribution in [0.3, 0.4) is 0 Å². The van der Waals surface area contributed by atoms with Crippen LogP contribution in [0.25, 0.3) is 0 Å². The first-order valence-corrected chi connectivity index (χ1v) is 6.05. The Bertz CT molecular complexity index is 472. The number of rotatable bonds is 6. The minimum atomic E-state index is -0.318. The Balaban J connectivity index is 2.62. The van der Waals surface area contributed by atoms with Gasteiger partial charge in [-0.15, -0.1) is 0 Å². The molecule has 6 nitrogen and oxygen atoms in total. The van der Waals surface area contributed by atoms with Gasteiger partial charge in [-0.25, -0.2) is 0 Å². The molecule has 2 amide bonds. The van der Waals surface area contributed by atoms with E-state index in [0.29, 0.717) is 30.6 Å². The Morgan fingerprint density at radius 2 is 2.00 bits per heavy atom. The van der Waals surface area contributed by atoms with Crippen molar-refractivity contribution in [1.29, 1.82) is 0 Å². The SMILES string of the molecule is CN(C)C(=O)c1ccc(NCCCC(N)=O)c(N)c1. The Morgan fingerprint density at radius 3 is 2.53 bits per heavy atom. The highest BCUT2D eigenvalue weighted by molar-refractivity contribution is 5.95. The van der Waals surface area contributed by atoms with Gasteiger partial charge >= 0.3 is 0 Å². The average molecular weight is 264 g/mol. The summed E-state index contributed by atoms with van der Waals surface area (Å²) >= 11 is 0. The van der Waals surface area contributed by atoms with Crippen molar-refractivity contribution in [2.45, 2.75) is 12.8 Å². The predicted octanol–water partition coefficient (Wildman–Crippen LogP) is 0.648. The molecule has 0 aromatic heterocycles. The fourth-order valence-corrected chi connectivity index (χ4v) is 1.60. The Morgan fingerprint density at radius 1 is 1.32 bits per heavy atom. The van der Waals surface area contributed by atoms with Gasteiger partial charge in [0, 0.05) is 32.6 Å². The molecule has 6 heteroatoms. The third-order valence-electron chi connectivity index (χ3n) is 2.62. The molecule has 1 rings (SSSR count). The normalized spacial score (nSPS) is 10.0. The van der Waals surface area contributed by atoms with E-state index in [1.54, 1.807) is 32.3 Å². The lowest BCUT2D eigenvalue weighted by Gasteiger charge is -2.13. The van der Waals surface area contributed by atoms with E-state index in [0.717, 1.165) is 5.69 Å². The van der Waals surface area contributed by atoms with E-state index in [9.17, 15) is 9.59 Å². The fraction of sp³-hybridized carbons (Fsp3) is 0.385. The van der Waals surface area contributed by atoms with Gasteiger partial charge in [0.15, 0.2) is 0 Å². The highest BCUT2D eigenvalue weighted by Crippen LogP contribution is 2.20. The summed E-state index contributed by atoms with van der Waals surface area (Å²) in [6.07, 6.45) is 0.983. The molecular formula is C13H20N4O2. The number of primary amides is 1. The van der Waals surface area contributed by atoms with Crippen molar-refractivity contribution in [2.24, 2.45) is 5.73 Å². The number of benzene rings is 1. The maximum absolute atomic E-state index is 11.7. The van der Waals surface area contributed by atoms with Crippen molar-refractivity contribution < 1.29 is 9.59 Å². The first kappa shape index (κ1) is 14.8. The zero-order valence-electron chi connectivity index (χ0n) is 11.3. The zero-order valence-corrected chi connectivity index (χ0v) is 11.3. The van der Waals surface area contributed by atoms with E-state index in [1.165, 1.54) is 4.90 Å². The number of anilines is 2. The lowest BCUT2D eigenvalue weighted by Crippen LogP contribution is -2.21. The molecule has 0 atom stereocenters. The molecule has 104 valence electrons. The highest BCUT2D eigenvalue weighted by atomic mass is 16.2. The van der Waals surface area contributed by atoms with Crippen LogP contribution in [0, 0.1) is 0 Å². The van der Waals surface area contributed by atoms with Crippen molar-refractivity contribution in [3.63, 3.8) is 0 Å². The second-order valence-electron chi connectivity index (χ2n) is 4.50. The molecule has 0 aliphatic rings. The fourth-order valence-electron chi connectivity index (χ4n) is 1.60. The van der Waals surface area contributed by atoms with Crippen molar-refractivity contribution >= 4 is 23.2 Å².